The molecule has 0 spiro atoms. The van der Waals surface area contributed by atoms with Crippen LogP contribution in [0.1, 0.15) is 27.9 Å². The van der Waals surface area contributed by atoms with E-state index in [4.69, 9.17) is 9.47 Å². The Bertz CT molecular complexity index is 1010. The summed E-state index contributed by atoms with van der Waals surface area (Å²) < 4.78 is 13.4. The number of carbonyl (C=O) groups excluding carboxylic acids is 1. The lowest BCUT2D eigenvalue weighted by Gasteiger charge is -2.12. The van der Waals surface area contributed by atoms with E-state index in [-0.39, 0.29) is 5.78 Å². The highest BCUT2D eigenvalue weighted by atomic mass is 16.5. The first-order chi connectivity index (χ1) is 13.7. The van der Waals surface area contributed by atoms with Crippen LogP contribution >= 0.6 is 0 Å². The summed E-state index contributed by atoms with van der Waals surface area (Å²) in [6.07, 6.45) is 8.97. The maximum Gasteiger partial charge on any atom is 0.189 e. The Labute approximate surface area is 164 Å². The lowest BCUT2D eigenvalue weighted by Crippen LogP contribution is -2.04. The lowest BCUT2D eigenvalue weighted by molar-refractivity contribution is 0.104. The Hall–Kier alpha value is -3.34. The van der Waals surface area contributed by atoms with Crippen LogP contribution in [-0.2, 0) is 13.0 Å². The van der Waals surface area contributed by atoms with E-state index in [1.165, 1.54) is 0 Å². The molecule has 1 aliphatic carbocycles. The first-order valence-corrected chi connectivity index (χ1v) is 9.34. The summed E-state index contributed by atoms with van der Waals surface area (Å²) in [5.41, 5.74) is 3.63. The molecule has 0 fully saturated rings. The maximum absolute atomic E-state index is 12.6. The van der Waals surface area contributed by atoms with Crippen molar-refractivity contribution in [3.63, 3.8) is 0 Å². The molecule has 0 unspecified atom stereocenters. The first-order valence-electron chi connectivity index (χ1n) is 9.34. The fourth-order valence-corrected chi connectivity index (χ4v) is 3.42. The number of benzene rings is 2. The summed E-state index contributed by atoms with van der Waals surface area (Å²) >= 11 is 0. The predicted molar refractivity (Wildman–Crippen MR) is 108 cm³/mol. The molecule has 0 N–H and O–H groups in total. The highest BCUT2D eigenvalue weighted by molar-refractivity contribution is 6.15. The van der Waals surface area contributed by atoms with E-state index in [9.17, 15) is 4.79 Å². The van der Waals surface area contributed by atoms with Crippen molar-refractivity contribution in [3.05, 3.63) is 83.4 Å². The van der Waals surface area contributed by atoms with Crippen LogP contribution in [0.4, 0.5) is 0 Å². The molecular weight excluding hydrogens is 352 g/mol. The fourth-order valence-electron chi connectivity index (χ4n) is 3.42. The van der Waals surface area contributed by atoms with Crippen LogP contribution in [0.2, 0.25) is 0 Å². The third kappa shape index (κ3) is 3.83. The average Bonchev–Trinajstić information content (AvgIpc) is 3.34. The predicted octanol–water partition coefficient (Wildman–Crippen LogP) is 4.18. The Morgan fingerprint density at radius 1 is 1.18 bits per heavy atom. The van der Waals surface area contributed by atoms with E-state index in [0.717, 1.165) is 35.2 Å². The van der Waals surface area contributed by atoms with Gasteiger partial charge in [-0.2, -0.15) is 0 Å². The zero-order chi connectivity index (χ0) is 19.3. The number of ether oxygens (including phenoxy) is 2. The SMILES string of the molecule is COc1ccc(C=C2Cc3ccccc3C2=O)cc1OCCCn1ccnc1. The van der Waals surface area contributed by atoms with Gasteiger partial charge in [-0.25, -0.2) is 4.98 Å². The van der Waals surface area contributed by atoms with E-state index in [1.807, 2.05) is 59.3 Å². The van der Waals surface area contributed by atoms with Gasteiger partial charge in [-0.1, -0.05) is 30.3 Å². The summed E-state index contributed by atoms with van der Waals surface area (Å²) in [6.45, 7) is 1.41. The Morgan fingerprint density at radius 3 is 2.86 bits per heavy atom. The number of hydrogen-bond donors (Lipinski definition) is 0. The molecule has 0 aliphatic heterocycles. The number of fused-ring (bicyclic) bond motifs is 1. The van der Waals surface area contributed by atoms with Crippen molar-refractivity contribution in [1.82, 2.24) is 9.55 Å². The second-order valence-corrected chi connectivity index (χ2v) is 6.75. The summed E-state index contributed by atoms with van der Waals surface area (Å²) in [7, 11) is 1.63. The Morgan fingerprint density at radius 2 is 2.07 bits per heavy atom. The van der Waals surface area contributed by atoms with E-state index in [0.29, 0.717) is 24.5 Å². The number of nitrogens with zero attached hydrogens (tertiary/aromatic N) is 2. The standard InChI is InChI=1S/C23H22N2O3/c1-27-21-8-7-17(13-19-15-18-5-2-3-6-20(18)23(19)26)14-22(21)28-12-4-10-25-11-9-24-16-25/h2-3,5-9,11,13-14,16H,4,10,12,15H2,1H3. The number of allylic oxidation sites excluding steroid dienone is 1. The van der Waals surface area contributed by atoms with Gasteiger partial charge in [0.25, 0.3) is 0 Å². The van der Waals surface area contributed by atoms with E-state index >= 15 is 0 Å². The zero-order valence-corrected chi connectivity index (χ0v) is 15.8. The first kappa shape index (κ1) is 18.0. The molecule has 0 atom stereocenters. The number of aryl methyl sites for hydroxylation is 1. The van der Waals surface area contributed by atoms with Gasteiger partial charge in [-0.15, -0.1) is 0 Å². The van der Waals surface area contributed by atoms with Gasteiger partial charge in [0, 0.05) is 36.5 Å². The number of imidazole rings is 1. The van der Waals surface area contributed by atoms with Crippen LogP contribution in [0.25, 0.3) is 6.08 Å². The minimum absolute atomic E-state index is 0.106. The van der Waals surface area contributed by atoms with Crippen molar-refractivity contribution in [3.8, 4) is 11.5 Å². The van der Waals surface area contributed by atoms with Crippen LogP contribution in [0.15, 0.2) is 66.8 Å². The van der Waals surface area contributed by atoms with E-state index in [1.54, 1.807) is 19.6 Å². The van der Waals surface area contributed by atoms with Gasteiger partial charge in [0.15, 0.2) is 17.3 Å². The monoisotopic (exact) mass is 374 g/mol. The molecule has 0 bridgehead atoms. The number of carbonyl (C=O) groups is 1. The molecule has 1 heterocycles. The summed E-state index contributed by atoms with van der Waals surface area (Å²) in [5.74, 6) is 1.48. The molecule has 0 saturated carbocycles. The van der Waals surface area contributed by atoms with Crippen molar-refractivity contribution >= 4 is 11.9 Å². The number of methoxy groups -OCH3 is 1. The molecule has 5 nitrogen and oxygen atoms in total. The summed E-state index contributed by atoms with van der Waals surface area (Å²) in [5, 5.41) is 0. The van der Waals surface area contributed by atoms with Gasteiger partial charge in [-0.3, -0.25) is 4.79 Å². The van der Waals surface area contributed by atoms with Crippen LogP contribution in [-0.4, -0.2) is 29.1 Å². The van der Waals surface area contributed by atoms with Crippen molar-refractivity contribution in [1.29, 1.82) is 0 Å². The normalized spacial score (nSPS) is 14.3. The number of Topliss-reactive ketones (excluding diaryl/α,β-unsaturated/α-hetero) is 1. The molecule has 0 radical (unpaired) electrons. The number of rotatable bonds is 7. The molecule has 2 aromatic carbocycles. The maximum atomic E-state index is 12.6. The smallest absolute Gasteiger partial charge is 0.189 e. The fraction of sp³-hybridized carbons (Fsp3) is 0.217. The van der Waals surface area contributed by atoms with Crippen molar-refractivity contribution < 1.29 is 14.3 Å². The molecule has 28 heavy (non-hydrogen) atoms. The number of hydrogen-bond acceptors (Lipinski definition) is 4. The third-order valence-corrected chi connectivity index (χ3v) is 4.84. The Balaban J connectivity index is 1.47. The van der Waals surface area contributed by atoms with Crippen molar-refractivity contribution in [2.75, 3.05) is 13.7 Å². The van der Waals surface area contributed by atoms with Crippen LogP contribution in [0.5, 0.6) is 11.5 Å². The molecular formula is C23H22N2O3. The van der Waals surface area contributed by atoms with E-state index in [2.05, 4.69) is 4.98 Å². The van der Waals surface area contributed by atoms with Gasteiger partial charge in [0.05, 0.1) is 20.0 Å². The van der Waals surface area contributed by atoms with Gasteiger partial charge in [0.2, 0.25) is 0 Å². The molecule has 3 aromatic rings. The second-order valence-electron chi connectivity index (χ2n) is 6.75. The second kappa shape index (κ2) is 8.13. The van der Waals surface area contributed by atoms with Crippen LogP contribution in [0.3, 0.4) is 0 Å². The van der Waals surface area contributed by atoms with E-state index < -0.39 is 0 Å². The highest BCUT2D eigenvalue weighted by Crippen LogP contribution is 2.31. The zero-order valence-electron chi connectivity index (χ0n) is 15.8. The minimum Gasteiger partial charge on any atom is -0.493 e. The number of ketones is 1. The molecule has 142 valence electrons. The summed E-state index contributed by atoms with van der Waals surface area (Å²) in [6, 6.07) is 13.5. The topological polar surface area (TPSA) is 53.4 Å². The average molecular weight is 374 g/mol. The molecule has 4 rings (SSSR count). The highest BCUT2D eigenvalue weighted by Gasteiger charge is 2.24. The molecule has 0 saturated heterocycles. The van der Waals surface area contributed by atoms with Crippen molar-refractivity contribution in [2.45, 2.75) is 19.4 Å². The minimum atomic E-state index is 0.106. The van der Waals surface area contributed by atoms with Crippen LogP contribution in [0, 0.1) is 0 Å². The number of aromatic nitrogens is 2. The summed E-state index contributed by atoms with van der Waals surface area (Å²) in [4.78, 5) is 16.6. The van der Waals surface area contributed by atoms with Crippen LogP contribution < -0.4 is 9.47 Å². The molecule has 1 aliphatic rings. The van der Waals surface area contributed by atoms with Gasteiger partial charge < -0.3 is 14.0 Å². The largest absolute Gasteiger partial charge is 0.493 e. The van der Waals surface area contributed by atoms with Gasteiger partial charge >= 0.3 is 0 Å². The van der Waals surface area contributed by atoms with Gasteiger partial charge in [-0.05, 0) is 35.8 Å². The molecule has 1 aromatic heterocycles. The lowest BCUT2D eigenvalue weighted by atomic mass is 10.1. The van der Waals surface area contributed by atoms with Crippen molar-refractivity contribution in [2.24, 2.45) is 0 Å². The molecule has 5 heteroatoms. The quantitative estimate of drug-likeness (QED) is 0.460. The Kier molecular flexibility index (Phi) is 5.24. The van der Waals surface area contributed by atoms with Gasteiger partial charge in [0.1, 0.15) is 0 Å². The molecule has 0 amide bonds. The third-order valence-electron chi connectivity index (χ3n) is 4.84.